The van der Waals surface area contributed by atoms with E-state index in [1.54, 1.807) is 19.9 Å². The quantitative estimate of drug-likeness (QED) is 0.872. The molecule has 0 aliphatic carbocycles. The van der Waals surface area contributed by atoms with Gasteiger partial charge in [-0.15, -0.1) is 11.3 Å². The maximum atomic E-state index is 13.6. The molecule has 1 aromatic carbocycles. The molecule has 0 bridgehead atoms. The maximum absolute atomic E-state index is 13.6. The lowest BCUT2D eigenvalue weighted by Gasteiger charge is -2.37. The van der Waals surface area contributed by atoms with Crippen LogP contribution in [0.25, 0.3) is 10.1 Å². The first-order valence-electron chi connectivity index (χ1n) is 6.23. The van der Waals surface area contributed by atoms with Crippen LogP contribution in [0.1, 0.15) is 27.7 Å². The van der Waals surface area contributed by atoms with Gasteiger partial charge in [-0.1, -0.05) is 12.1 Å². The fourth-order valence-electron chi connectivity index (χ4n) is 1.62. The highest BCUT2D eigenvalue weighted by Gasteiger charge is 2.35. The van der Waals surface area contributed by atoms with E-state index in [1.165, 1.54) is 17.4 Å². The van der Waals surface area contributed by atoms with Crippen molar-refractivity contribution in [1.29, 1.82) is 0 Å². The molecule has 0 amide bonds. The number of benzene rings is 1. The molecule has 0 unspecified atom stereocenters. The van der Waals surface area contributed by atoms with Crippen molar-refractivity contribution < 1.29 is 14.2 Å². The Balaban J connectivity index is 2.22. The summed E-state index contributed by atoms with van der Waals surface area (Å²) in [6.45, 7) is 7.14. The highest BCUT2D eigenvalue weighted by molar-refractivity contribution is 7.18. The van der Waals surface area contributed by atoms with Gasteiger partial charge in [-0.2, -0.15) is 0 Å². The van der Waals surface area contributed by atoms with Crippen molar-refractivity contribution in [2.75, 3.05) is 0 Å². The Morgan fingerprint density at radius 3 is 2.58 bits per heavy atom. The van der Waals surface area contributed by atoms with Crippen molar-refractivity contribution in [1.82, 2.24) is 0 Å². The number of halogens is 1. The van der Waals surface area contributed by atoms with Gasteiger partial charge in [-0.3, -0.25) is 0 Å². The van der Waals surface area contributed by atoms with Gasteiger partial charge >= 0.3 is 7.48 Å². The molecular weight excluding hydrogens is 262 g/mol. The average molecular weight is 280 g/mol. The molecule has 0 aliphatic heterocycles. The SMILES string of the molecule is CC(C)(O)C(C)(C)OBc1csc2c(F)cccc12. The predicted octanol–water partition coefficient (Wildman–Crippen LogP) is 2.58. The van der Waals surface area contributed by atoms with Gasteiger partial charge in [0.2, 0.25) is 0 Å². The lowest BCUT2D eigenvalue weighted by Crippen LogP contribution is -2.49. The van der Waals surface area contributed by atoms with Gasteiger partial charge in [0.15, 0.2) is 0 Å². The average Bonchev–Trinajstić information content (AvgIpc) is 2.70. The van der Waals surface area contributed by atoms with Crippen LogP contribution in [0.15, 0.2) is 23.6 Å². The third-order valence-electron chi connectivity index (χ3n) is 3.69. The van der Waals surface area contributed by atoms with Crippen molar-refractivity contribution in [2.24, 2.45) is 0 Å². The van der Waals surface area contributed by atoms with Gasteiger partial charge in [0, 0.05) is 0 Å². The molecule has 2 rings (SSSR count). The summed E-state index contributed by atoms with van der Waals surface area (Å²) in [5, 5.41) is 12.8. The number of thiophene rings is 1. The summed E-state index contributed by atoms with van der Waals surface area (Å²) in [5.41, 5.74) is -0.657. The Bertz CT molecular complexity index is 587. The molecule has 0 saturated carbocycles. The second-order valence-electron chi connectivity index (χ2n) is 5.74. The Morgan fingerprint density at radius 1 is 1.26 bits per heavy atom. The van der Waals surface area contributed by atoms with Crippen molar-refractivity contribution in [3.8, 4) is 0 Å². The monoisotopic (exact) mass is 280 g/mol. The molecule has 1 heterocycles. The van der Waals surface area contributed by atoms with Crippen LogP contribution in [-0.4, -0.2) is 23.8 Å². The second-order valence-corrected chi connectivity index (χ2v) is 6.62. The topological polar surface area (TPSA) is 29.5 Å². The lowest BCUT2D eigenvalue weighted by molar-refractivity contribution is -0.0892. The Morgan fingerprint density at radius 2 is 1.95 bits per heavy atom. The molecule has 0 saturated heterocycles. The van der Waals surface area contributed by atoms with E-state index in [1.807, 2.05) is 25.3 Å². The van der Waals surface area contributed by atoms with E-state index in [0.717, 1.165) is 10.8 Å². The zero-order chi connectivity index (χ0) is 14.3. The van der Waals surface area contributed by atoms with Gasteiger partial charge < -0.3 is 9.76 Å². The molecule has 0 aliphatic rings. The largest absolute Gasteiger partial charge is 0.427 e. The van der Waals surface area contributed by atoms with E-state index in [4.69, 9.17) is 4.65 Å². The molecule has 0 radical (unpaired) electrons. The van der Waals surface area contributed by atoms with E-state index < -0.39 is 11.2 Å². The minimum atomic E-state index is -0.940. The summed E-state index contributed by atoms with van der Waals surface area (Å²) in [6, 6.07) is 5.06. The summed E-state index contributed by atoms with van der Waals surface area (Å²) in [5.74, 6) is -0.199. The lowest BCUT2D eigenvalue weighted by atomic mass is 9.82. The van der Waals surface area contributed by atoms with E-state index in [-0.39, 0.29) is 5.82 Å². The van der Waals surface area contributed by atoms with E-state index >= 15 is 0 Å². The van der Waals surface area contributed by atoms with Crippen molar-refractivity contribution in [2.45, 2.75) is 38.9 Å². The number of fused-ring (bicyclic) bond motifs is 1. The third kappa shape index (κ3) is 2.83. The standard InChI is InChI=1S/C14H18BFO2S/c1-13(2,17)14(3,4)18-15-10-8-19-12-9(10)6-5-7-11(12)16/h5-8,15,17H,1-4H3. The molecular formula is C14H18BFO2S. The number of hydrogen-bond donors (Lipinski definition) is 1. The van der Waals surface area contributed by atoms with Crippen LogP contribution in [0, 0.1) is 5.82 Å². The molecule has 102 valence electrons. The molecule has 2 nitrogen and oxygen atoms in total. The minimum absolute atomic E-state index is 0.199. The molecule has 19 heavy (non-hydrogen) atoms. The summed E-state index contributed by atoms with van der Waals surface area (Å²) >= 11 is 1.38. The van der Waals surface area contributed by atoms with E-state index in [2.05, 4.69) is 0 Å². The van der Waals surface area contributed by atoms with Gasteiger partial charge in [0.05, 0.1) is 15.9 Å². The van der Waals surface area contributed by atoms with E-state index in [0.29, 0.717) is 12.2 Å². The van der Waals surface area contributed by atoms with Crippen molar-refractivity contribution >= 4 is 34.4 Å². The Labute approximate surface area is 117 Å². The number of rotatable bonds is 4. The highest BCUT2D eigenvalue weighted by Crippen LogP contribution is 2.26. The fraction of sp³-hybridized carbons (Fsp3) is 0.429. The minimum Gasteiger partial charge on any atom is -0.427 e. The molecule has 2 aromatic rings. The molecule has 5 heteroatoms. The van der Waals surface area contributed by atoms with Crippen LogP contribution in [0.3, 0.4) is 0 Å². The van der Waals surface area contributed by atoms with Crippen LogP contribution in [0.4, 0.5) is 4.39 Å². The Hall–Kier alpha value is -0.905. The number of hydrogen-bond acceptors (Lipinski definition) is 3. The predicted molar refractivity (Wildman–Crippen MR) is 80.0 cm³/mol. The zero-order valence-corrected chi connectivity index (χ0v) is 12.5. The zero-order valence-electron chi connectivity index (χ0n) is 11.7. The maximum Gasteiger partial charge on any atom is 0.310 e. The second kappa shape index (κ2) is 4.89. The van der Waals surface area contributed by atoms with Gasteiger partial charge in [0.25, 0.3) is 0 Å². The molecule has 0 atom stereocenters. The molecule has 1 N–H and O–H groups in total. The van der Waals surface area contributed by atoms with Crippen LogP contribution >= 0.6 is 11.3 Å². The molecule has 0 fully saturated rings. The first kappa shape index (κ1) is 14.5. The van der Waals surface area contributed by atoms with Crippen LogP contribution < -0.4 is 5.46 Å². The van der Waals surface area contributed by atoms with Gasteiger partial charge in [-0.25, -0.2) is 4.39 Å². The van der Waals surface area contributed by atoms with Crippen LogP contribution in [0.5, 0.6) is 0 Å². The summed E-state index contributed by atoms with van der Waals surface area (Å²) in [7, 11) is 0.362. The summed E-state index contributed by atoms with van der Waals surface area (Å²) in [4.78, 5) is 0. The third-order valence-corrected chi connectivity index (χ3v) is 4.75. The fourth-order valence-corrected chi connectivity index (χ4v) is 2.58. The highest BCUT2D eigenvalue weighted by atomic mass is 32.1. The first-order valence-corrected chi connectivity index (χ1v) is 7.11. The van der Waals surface area contributed by atoms with Crippen molar-refractivity contribution in [3.05, 3.63) is 29.4 Å². The summed E-state index contributed by atoms with van der Waals surface area (Å²) in [6.07, 6.45) is 0. The number of aliphatic hydroxyl groups is 1. The van der Waals surface area contributed by atoms with Crippen molar-refractivity contribution in [3.63, 3.8) is 0 Å². The molecule has 0 spiro atoms. The van der Waals surface area contributed by atoms with Crippen LogP contribution in [-0.2, 0) is 4.65 Å². The van der Waals surface area contributed by atoms with E-state index in [9.17, 15) is 9.50 Å². The smallest absolute Gasteiger partial charge is 0.310 e. The van der Waals surface area contributed by atoms with Gasteiger partial charge in [-0.05, 0) is 50.0 Å². The normalized spacial score (nSPS) is 12.9. The summed E-state index contributed by atoms with van der Waals surface area (Å²) < 4.78 is 20.1. The molecule has 1 aromatic heterocycles. The first-order chi connectivity index (χ1) is 8.72. The van der Waals surface area contributed by atoms with Gasteiger partial charge in [0.1, 0.15) is 5.82 Å². The Kier molecular flexibility index (Phi) is 3.73. The van der Waals surface area contributed by atoms with Crippen LogP contribution in [0.2, 0.25) is 0 Å².